The monoisotopic (exact) mass is 209 g/mol. The van der Waals surface area contributed by atoms with Crippen molar-refractivity contribution in [2.24, 2.45) is 5.73 Å². The van der Waals surface area contributed by atoms with Crippen LogP contribution in [0.25, 0.3) is 0 Å². The second-order valence-electron chi connectivity index (χ2n) is 4.27. The molecule has 84 valence electrons. The van der Waals surface area contributed by atoms with Gasteiger partial charge in [0, 0.05) is 5.56 Å². The SMILES string of the molecule is CO[N+](C)(C)Cc1ccc(CCN)cc1. The fourth-order valence-corrected chi connectivity index (χ4v) is 1.48. The molecule has 1 aromatic rings. The lowest BCUT2D eigenvalue weighted by Crippen LogP contribution is -2.37. The van der Waals surface area contributed by atoms with Crippen molar-refractivity contribution in [1.29, 1.82) is 0 Å². The molecule has 1 rings (SSSR count). The zero-order chi connectivity index (χ0) is 11.3. The van der Waals surface area contributed by atoms with E-state index in [1.807, 2.05) is 14.1 Å². The van der Waals surface area contributed by atoms with Crippen molar-refractivity contribution >= 4 is 0 Å². The van der Waals surface area contributed by atoms with Crippen LogP contribution in [-0.4, -0.2) is 32.4 Å². The van der Waals surface area contributed by atoms with Crippen LogP contribution in [0.1, 0.15) is 11.1 Å². The molecule has 3 heteroatoms. The molecule has 0 amide bonds. The van der Waals surface area contributed by atoms with Crippen LogP contribution >= 0.6 is 0 Å². The van der Waals surface area contributed by atoms with Gasteiger partial charge in [-0.1, -0.05) is 24.3 Å². The Kier molecular flexibility index (Phi) is 4.27. The molecule has 0 aliphatic rings. The van der Waals surface area contributed by atoms with E-state index in [0.29, 0.717) is 11.2 Å². The van der Waals surface area contributed by atoms with Crippen LogP contribution < -0.4 is 5.73 Å². The summed E-state index contributed by atoms with van der Waals surface area (Å²) in [4.78, 5) is 5.34. The largest absolute Gasteiger partial charge is 0.330 e. The van der Waals surface area contributed by atoms with Gasteiger partial charge in [0.05, 0.1) is 21.2 Å². The first-order valence-corrected chi connectivity index (χ1v) is 5.24. The Labute approximate surface area is 92.0 Å². The van der Waals surface area contributed by atoms with Gasteiger partial charge in [0.2, 0.25) is 0 Å². The number of hydrogen-bond donors (Lipinski definition) is 1. The average Bonchev–Trinajstić information content (AvgIpc) is 2.21. The molecule has 0 heterocycles. The van der Waals surface area contributed by atoms with Gasteiger partial charge >= 0.3 is 0 Å². The molecule has 0 aliphatic heterocycles. The molecule has 0 unspecified atom stereocenters. The van der Waals surface area contributed by atoms with Gasteiger partial charge in [0.1, 0.15) is 6.54 Å². The van der Waals surface area contributed by atoms with Gasteiger partial charge in [-0.25, -0.2) is 4.84 Å². The molecule has 0 saturated heterocycles. The zero-order valence-corrected chi connectivity index (χ0v) is 9.86. The lowest BCUT2D eigenvalue weighted by Gasteiger charge is -2.24. The van der Waals surface area contributed by atoms with Gasteiger partial charge in [-0.2, -0.15) is 4.65 Å². The highest BCUT2D eigenvalue weighted by Gasteiger charge is 2.14. The Bertz CT molecular complexity index is 293. The van der Waals surface area contributed by atoms with Crippen LogP contribution in [0, 0.1) is 0 Å². The molecule has 0 aromatic heterocycles. The van der Waals surface area contributed by atoms with E-state index in [2.05, 4.69) is 24.3 Å². The Morgan fingerprint density at radius 2 is 1.67 bits per heavy atom. The number of hydrogen-bond acceptors (Lipinski definition) is 2. The molecular formula is C12H21N2O+. The Balaban J connectivity index is 2.64. The minimum absolute atomic E-state index is 0.538. The molecule has 0 fully saturated rings. The summed E-state index contributed by atoms with van der Waals surface area (Å²) in [5.41, 5.74) is 8.07. The topological polar surface area (TPSA) is 35.2 Å². The third-order valence-corrected chi connectivity index (χ3v) is 2.51. The normalized spacial score (nSPS) is 11.7. The predicted molar refractivity (Wildman–Crippen MR) is 62.0 cm³/mol. The molecule has 2 N–H and O–H groups in total. The molecule has 0 saturated carbocycles. The van der Waals surface area contributed by atoms with E-state index in [0.717, 1.165) is 13.0 Å². The maximum atomic E-state index is 5.50. The fraction of sp³-hybridized carbons (Fsp3) is 0.500. The molecular weight excluding hydrogens is 188 g/mol. The summed E-state index contributed by atoms with van der Waals surface area (Å²) in [6.45, 7) is 1.58. The second-order valence-corrected chi connectivity index (χ2v) is 4.27. The van der Waals surface area contributed by atoms with E-state index in [-0.39, 0.29) is 0 Å². The molecule has 0 atom stereocenters. The summed E-state index contributed by atoms with van der Waals surface area (Å²) in [5.74, 6) is 0. The lowest BCUT2D eigenvalue weighted by molar-refractivity contribution is -1.08. The van der Waals surface area contributed by atoms with E-state index >= 15 is 0 Å². The number of rotatable bonds is 5. The number of quaternary nitrogens is 1. The zero-order valence-electron chi connectivity index (χ0n) is 9.86. The first-order valence-electron chi connectivity index (χ1n) is 5.24. The van der Waals surface area contributed by atoms with E-state index in [4.69, 9.17) is 10.6 Å². The maximum absolute atomic E-state index is 5.50. The van der Waals surface area contributed by atoms with E-state index < -0.39 is 0 Å². The minimum atomic E-state index is 0.538. The van der Waals surface area contributed by atoms with Crippen LogP contribution in [0.2, 0.25) is 0 Å². The van der Waals surface area contributed by atoms with Crippen LogP contribution in [0.4, 0.5) is 0 Å². The summed E-state index contributed by atoms with van der Waals surface area (Å²) < 4.78 is 0.538. The van der Waals surface area contributed by atoms with Crippen LogP contribution in [-0.2, 0) is 17.8 Å². The van der Waals surface area contributed by atoms with Crippen LogP contribution in [0.3, 0.4) is 0 Å². The van der Waals surface area contributed by atoms with Crippen LogP contribution in [0.5, 0.6) is 0 Å². The van der Waals surface area contributed by atoms with Crippen LogP contribution in [0.15, 0.2) is 24.3 Å². The Morgan fingerprint density at radius 1 is 1.13 bits per heavy atom. The lowest BCUT2D eigenvalue weighted by atomic mass is 10.1. The fourth-order valence-electron chi connectivity index (χ4n) is 1.48. The molecule has 0 aliphatic carbocycles. The third kappa shape index (κ3) is 4.00. The number of nitrogens with zero attached hydrogens (tertiary/aromatic N) is 1. The van der Waals surface area contributed by atoms with E-state index in [1.165, 1.54) is 11.1 Å². The summed E-state index contributed by atoms with van der Waals surface area (Å²) in [6.07, 6.45) is 0.947. The smallest absolute Gasteiger partial charge is 0.134 e. The molecule has 3 nitrogen and oxygen atoms in total. The first-order chi connectivity index (χ1) is 7.07. The molecule has 0 radical (unpaired) electrons. The summed E-state index contributed by atoms with van der Waals surface area (Å²) in [6, 6.07) is 8.56. The summed E-state index contributed by atoms with van der Waals surface area (Å²) >= 11 is 0. The summed E-state index contributed by atoms with van der Waals surface area (Å²) in [5, 5.41) is 0. The Morgan fingerprint density at radius 3 is 2.13 bits per heavy atom. The van der Waals surface area contributed by atoms with Gasteiger partial charge in [0.15, 0.2) is 0 Å². The number of benzene rings is 1. The predicted octanol–water partition coefficient (Wildman–Crippen LogP) is 1.33. The van der Waals surface area contributed by atoms with Gasteiger partial charge in [-0.3, -0.25) is 0 Å². The van der Waals surface area contributed by atoms with Crippen molar-refractivity contribution < 1.29 is 9.48 Å². The van der Waals surface area contributed by atoms with Gasteiger partial charge in [-0.05, 0) is 18.5 Å². The third-order valence-electron chi connectivity index (χ3n) is 2.51. The standard InChI is InChI=1S/C12H21N2O/c1-14(2,15-3)10-12-6-4-11(5-7-12)8-9-13/h4-7H,8-10,13H2,1-3H3/q+1. The van der Waals surface area contributed by atoms with E-state index in [9.17, 15) is 0 Å². The number of hydroxylamine groups is 3. The first kappa shape index (κ1) is 12.2. The van der Waals surface area contributed by atoms with Crippen molar-refractivity contribution in [3.05, 3.63) is 35.4 Å². The van der Waals surface area contributed by atoms with Gasteiger partial charge in [0.25, 0.3) is 0 Å². The maximum Gasteiger partial charge on any atom is 0.134 e. The van der Waals surface area contributed by atoms with E-state index in [1.54, 1.807) is 7.11 Å². The highest BCUT2D eigenvalue weighted by Crippen LogP contribution is 2.10. The van der Waals surface area contributed by atoms with Gasteiger partial charge < -0.3 is 5.73 Å². The molecule has 0 bridgehead atoms. The van der Waals surface area contributed by atoms with Gasteiger partial charge in [-0.15, -0.1) is 0 Å². The minimum Gasteiger partial charge on any atom is -0.330 e. The highest BCUT2D eigenvalue weighted by molar-refractivity contribution is 5.22. The van der Waals surface area contributed by atoms with Crippen molar-refractivity contribution in [2.75, 3.05) is 27.7 Å². The molecule has 1 aromatic carbocycles. The van der Waals surface area contributed by atoms with Crippen molar-refractivity contribution in [3.8, 4) is 0 Å². The van der Waals surface area contributed by atoms with Crippen molar-refractivity contribution in [1.82, 2.24) is 0 Å². The Hall–Kier alpha value is -0.900. The highest BCUT2D eigenvalue weighted by atomic mass is 16.7. The molecule has 0 spiro atoms. The average molecular weight is 209 g/mol. The molecule has 15 heavy (non-hydrogen) atoms. The summed E-state index contributed by atoms with van der Waals surface area (Å²) in [7, 11) is 5.80. The van der Waals surface area contributed by atoms with Crippen molar-refractivity contribution in [3.63, 3.8) is 0 Å². The quantitative estimate of drug-likeness (QED) is 0.586. The van der Waals surface area contributed by atoms with Crippen molar-refractivity contribution in [2.45, 2.75) is 13.0 Å². The number of nitrogens with two attached hydrogens (primary N) is 1. The second kappa shape index (κ2) is 5.26.